The fourth-order valence-corrected chi connectivity index (χ4v) is 6.91. The summed E-state index contributed by atoms with van der Waals surface area (Å²) in [5.74, 6) is 1.50. The maximum atomic E-state index is 9.14. The molecule has 3 aromatic carbocycles. The van der Waals surface area contributed by atoms with Gasteiger partial charge < -0.3 is 23.3 Å². The first-order valence-electron chi connectivity index (χ1n) is 14.7. The van der Waals surface area contributed by atoms with E-state index in [0.29, 0.717) is 0 Å². The van der Waals surface area contributed by atoms with Crippen molar-refractivity contribution in [2.75, 3.05) is 20.8 Å². The monoisotopic (exact) mass is 602 g/mol. The van der Waals surface area contributed by atoms with Gasteiger partial charge in [-0.1, -0.05) is 60.9 Å². The van der Waals surface area contributed by atoms with Crippen molar-refractivity contribution in [3.05, 3.63) is 95.6 Å². The number of methoxy groups -OCH3 is 2. The molecule has 0 aliphatic carbocycles. The van der Waals surface area contributed by atoms with Crippen molar-refractivity contribution >= 4 is 16.4 Å². The molecule has 0 fully saturated rings. The van der Waals surface area contributed by atoms with E-state index in [1.807, 2.05) is 73.7 Å². The van der Waals surface area contributed by atoms with Crippen molar-refractivity contribution in [3.8, 4) is 17.6 Å². The summed E-state index contributed by atoms with van der Waals surface area (Å²) in [5, 5.41) is 9.14. The third-order valence-electron chi connectivity index (χ3n) is 7.18. The first-order valence-corrected chi connectivity index (χ1v) is 15.8. The van der Waals surface area contributed by atoms with Gasteiger partial charge in [-0.3, -0.25) is 0 Å². The molecule has 0 bridgehead atoms. The molecule has 3 atom stereocenters. The van der Waals surface area contributed by atoms with Crippen LogP contribution in [-0.2, 0) is 19.4 Å². The molecule has 7 nitrogen and oxygen atoms in total. The van der Waals surface area contributed by atoms with Gasteiger partial charge in [0.2, 0.25) is 0 Å². The van der Waals surface area contributed by atoms with Gasteiger partial charge in [0.05, 0.1) is 53.4 Å². The van der Waals surface area contributed by atoms with Gasteiger partial charge in [0.15, 0.2) is 0 Å². The summed E-state index contributed by atoms with van der Waals surface area (Å²) in [5.41, 5.74) is 1.78. The highest BCUT2D eigenvalue weighted by Gasteiger charge is 2.41. The number of hydrogen-bond acceptors (Lipinski definition) is 7. The highest BCUT2D eigenvalue weighted by atomic mass is 31.2. The number of nitrogens with zero attached hydrogens (tertiary/aromatic N) is 2. The SMILES string of the molecule is [B]C[C@H](OP(OCCC#N)N(C(C)C)C(C)C)[C@@H](C)OC(c1ccccc1)(c1ccc(OC)cc1)c1ccc(OC)cc1. The maximum absolute atomic E-state index is 9.14. The second-order valence-corrected chi connectivity index (χ2v) is 12.2. The largest absolute Gasteiger partial charge is 0.497 e. The van der Waals surface area contributed by atoms with Crippen molar-refractivity contribution < 1.29 is 23.3 Å². The van der Waals surface area contributed by atoms with Crippen LogP contribution in [0.1, 0.15) is 57.7 Å². The van der Waals surface area contributed by atoms with Gasteiger partial charge in [-0.05, 0) is 75.6 Å². The number of ether oxygens (including phenoxy) is 3. The Morgan fingerprint density at radius 2 is 1.28 bits per heavy atom. The van der Waals surface area contributed by atoms with E-state index >= 15 is 0 Å². The molecule has 0 spiro atoms. The van der Waals surface area contributed by atoms with Gasteiger partial charge >= 0.3 is 0 Å². The molecule has 3 aromatic rings. The van der Waals surface area contributed by atoms with E-state index in [1.54, 1.807) is 14.2 Å². The Labute approximate surface area is 260 Å². The zero-order valence-electron chi connectivity index (χ0n) is 26.4. The quantitative estimate of drug-likeness (QED) is 0.0680. The number of hydrogen-bond donors (Lipinski definition) is 0. The molecule has 3 rings (SSSR count). The predicted octanol–water partition coefficient (Wildman–Crippen LogP) is 7.65. The molecule has 0 saturated heterocycles. The van der Waals surface area contributed by atoms with Gasteiger partial charge in [-0.15, -0.1) is 0 Å². The van der Waals surface area contributed by atoms with Crippen LogP contribution < -0.4 is 9.47 Å². The fraction of sp³-hybridized carbons (Fsp3) is 0.441. The Balaban J connectivity index is 2.12. The van der Waals surface area contributed by atoms with Gasteiger partial charge in [-0.25, -0.2) is 4.67 Å². The highest BCUT2D eigenvalue weighted by Crippen LogP contribution is 2.49. The normalized spacial score (nSPS) is 14.0. The zero-order chi connectivity index (χ0) is 31.4. The van der Waals surface area contributed by atoms with Crippen molar-refractivity contribution in [2.45, 2.75) is 77.3 Å². The lowest BCUT2D eigenvalue weighted by Gasteiger charge is -2.42. The van der Waals surface area contributed by atoms with Crippen LogP contribution in [0.5, 0.6) is 11.5 Å². The molecule has 0 N–H and O–H groups in total. The average molecular weight is 603 g/mol. The van der Waals surface area contributed by atoms with Gasteiger partial charge in [0.25, 0.3) is 8.53 Å². The molecule has 0 saturated carbocycles. The molecular formula is C34H44BN2O5P. The first-order chi connectivity index (χ1) is 20.7. The Hall–Kier alpha value is -2.92. The lowest BCUT2D eigenvalue weighted by atomic mass is 9.79. The standard InChI is InChI=1S/C34H44BN2O5P/c1-25(2)37(26(3)4)43(40-23-11-22-36)42-33(24-35)27(5)41-34(28-12-9-8-10-13-28,29-14-18-31(38-6)19-15-29)30-16-20-32(39-7)21-17-30/h8-10,12-21,25-27,33H,11,23-24H2,1-7H3/t27-,33+,43?/m1/s1. The van der Waals surface area contributed by atoms with E-state index in [2.05, 4.69) is 50.6 Å². The summed E-state index contributed by atoms with van der Waals surface area (Å²) in [6, 6.07) is 28.5. The topological polar surface area (TPSA) is 73.2 Å². The van der Waals surface area contributed by atoms with Crippen LogP contribution >= 0.6 is 8.53 Å². The lowest BCUT2D eigenvalue weighted by Crippen LogP contribution is -2.42. The van der Waals surface area contributed by atoms with Crippen LogP contribution in [0.3, 0.4) is 0 Å². The smallest absolute Gasteiger partial charge is 0.259 e. The second-order valence-electron chi connectivity index (χ2n) is 10.8. The van der Waals surface area contributed by atoms with E-state index in [9.17, 15) is 0 Å². The van der Waals surface area contributed by atoms with Crippen LogP contribution in [0, 0.1) is 11.3 Å². The molecule has 9 heteroatoms. The maximum Gasteiger partial charge on any atom is 0.259 e. The second kappa shape index (κ2) is 16.8. The minimum absolute atomic E-state index is 0.157. The summed E-state index contributed by atoms with van der Waals surface area (Å²) >= 11 is 0. The molecule has 1 unspecified atom stereocenters. The minimum atomic E-state index is -1.52. The number of nitriles is 1. The summed E-state index contributed by atoms with van der Waals surface area (Å²) < 4.78 is 33.2. The predicted molar refractivity (Wildman–Crippen MR) is 174 cm³/mol. The van der Waals surface area contributed by atoms with Crippen LogP contribution in [0.15, 0.2) is 78.9 Å². The van der Waals surface area contributed by atoms with Crippen LogP contribution in [0.2, 0.25) is 6.32 Å². The van der Waals surface area contributed by atoms with Crippen molar-refractivity contribution in [1.82, 2.24) is 4.67 Å². The summed E-state index contributed by atoms with van der Waals surface area (Å²) in [6.45, 7) is 10.7. The average Bonchev–Trinajstić information content (AvgIpc) is 3.02. The Morgan fingerprint density at radius 1 is 0.791 bits per heavy atom. The summed E-state index contributed by atoms with van der Waals surface area (Å²) in [7, 11) is 8.17. The van der Waals surface area contributed by atoms with Crippen molar-refractivity contribution in [3.63, 3.8) is 0 Å². The van der Waals surface area contributed by atoms with E-state index in [0.717, 1.165) is 28.2 Å². The van der Waals surface area contributed by atoms with Crippen LogP contribution in [0.25, 0.3) is 0 Å². The molecule has 0 amide bonds. The molecular weight excluding hydrogens is 558 g/mol. The fourth-order valence-electron chi connectivity index (χ4n) is 5.11. The zero-order valence-corrected chi connectivity index (χ0v) is 27.3. The van der Waals surface area contributed by atoms with E-state index in [-0.39, 0.29) is 31.4 Å². The number of rotatable bonds is 17. The van der Waals surface area contributed by atoms with E-state index in [4.69, 9.17) is 36.4 Å². The summed E-state index contributed by atoms with van der Waals surface area (Å²) in [6.07, 6.45) is -0.493. The van der Waals surface area contributed by atoms with Crippen molar-refractivity contribution in [1.29, 1.82) is 5.26 Å². The highest BCUT2D eigenvalue weighted by molar-refractivity contribution is 7.44. The number of benzene rings is 3. The third-order valence-corrected chi connectivity index (χ3v) is 9.34. The summed E-state index contributed by atoms with van der Waals surface area (Å²) in [4.78, 5) is 0. The molecule has 0 heterocycles. The first kappa shape index (κ1) is 34.6. The van der Waals surface area contributed by atoms with E-state index in [1.165, 1.54) is 0 Å². The molecule has 0 aliphatic rings. The van der Waals surface area contributed by atoms with E-state index < -0.39 is 26.3 Å². The molecule has 0 aromatic heterocycles. The van der Waals surface area contributed by atoms with Gasteiger partial charge in [-0.2, -0.15) is 5.26 Å². The molecule has 228 valence electrons. The molecule has 0 aliphatic heterocycles. The Kier molecular flexibility index (Phi) is 13.5. The van der Waals surface area contributed by atoms with Crippen LogP contribution in [-0.4, -0.2) is 57.6 Å². The molecule has 2 radical (unpaired) electrons. The lowest BCUT2D eigenvalue weighted by molar-refractivity contribution is -0.0832. The van der Waals surface area contributed by atoms with Gasteiger partial charge in [0.1, 0.15) is 17.1 Å². The van der Waals surface area contributed by atoms with Crippen molar-refractivity contribution in [2.24, 2.45) is 0 Å². The van der Waals surface area contributed by atoms with Crippen LogP contribution in [0.4, 0.5) is 0 Å². The third kappa shape index (κ3) is 8.59. The Bertz CT molecular complexity index is 1210. The molecule has 43 heavy (non-hydrogen) atoms. The Morgan fingerprint density at radius 3 is 1.70 bits per heavy atom. The van der Waals surface area contributed by atoms with Gasteiger partial charge in [0, 0.05) is 12.1 Å². The minimum Gasteiger partial charge on any atom is -0.497 e.